The average Bonchev–Trinajstić information content (AvgIpc) is 2.91. The molecular weight excluding hydrogens is 288 g/mol. The SMILES string of the molecule is CC[C@H](N)C(=O)N1c2ccc(OC)c(OC)c2CC1C(=O)O. The predicted molar refractivity (Wildman–Crippen MR) is 80.4 cm³/mol. The third kappa shape index (κ3) is 2.48. The van der Waals surface area contributed by atoms with E-state index in [-0.39, 0.29) is 6.42 Å². The maximum Gasteiger partial charge on any atom is 0.327 e. The standard InChI is InChI=1S/C15H20N2O5/c1-4-9(16)14(18)17-10-5-6-12(21-2)13(22-3)8(10)7-11(17)15(19)20/h5-6,9,11H,4,7,16H2,1-3H3,(H,19,20)/t9-,11?/m0/s1. The minimum Gasteiger partial charge on any atom is -0.493 e. The van der Waals surface area contributed by atoms with E-state index in [2.05, 4.69) is 0 Å². The molecule has 1 amide bonds. The number of aliphatic carboxylic acids is 1. The molecule has 0 saturated carbocycles. The van der Waals surface area contributed by atoms with Crippen molar-refractivity contribution in [3.8, 4) is 11.5 Å². The molecule has 0 spiro atoms. The molecule has 0 aliphatic carbocycles. The molecule has 1 aliphatic rings. The number of carboxylic acid groups (broad SMARTS) is 1. The highest BCUT2D eigenvalue weighted by Gasteiger charge is 2.41. The molecule has 0 fully saturated rings. The Kier molecular flexibility index (Phi) is 4.56. The summed E-state index contributed by atoms with van der Waals surface area (Å²) >= 11 is 0. The van der Waals surface area contributed by atoms with Crippen molar-refractivity contribution in [1.29, 1.82) is 0 Å². The van der Waals surface area contributed by atoms with Crippen molar-refractivity contribution < 1.29 is 24.2 Å². The summed E-state index contributed by atoms with van der Waals surface area (Å²) in [5.41, 5.74) is 6.96. The van der Waals surface area contributed by atoms with Gasteiger partial charge in [-0.25, -0.2) is 4.79 Å². The van der Waals surface area contributed by atoms with Gasteiger partial charge in [0, 0.05) is 12.0 Å². The summed E-state index contributed by atoms with van der Waals surface area (Å²) in [7, 11) is 2.99. The van der Waals surface area contributed by atoms with Gasteiger partial charge in [0.2, 0.25) is 5.91 Å². The molecule has 0 radical (unpaired) electrons. The van der Waals surface area contributed by atoms with Crippen LogP contribution in [0.25, 0.3) is 0 Å². The van der Waals surface area contributed by atoms with Crippen molar-refractivity contribution in [3.63, 3.8) is 0 Å². The van der Waals surface area contributed by atoms with Crippen molar-refractivity contribution >= 4 is 17.6 Å². The normalized spacial score (nSPS) is 17.8. The van der Waals surface area contributed by atoms with Crippen LogP contribution in [0.3, 0.4) is 0 Å². The van der Waals surface area contributed by atoms with Crippen molar-refractivity contribution in [2.24, 2.45) is 5.73 Å². The van der Waals surface area contributed by atoms with Crippen LogP contribution in [0.1, 0.15) is 18.9 Å². The number of carbonyl (C=O) groups excluding carboxylic acids is 1. The van der Waals surface area contributed by atoms with Crippen LogP contribution in [0, 0.1) is 0 Å². The van der Waals surface area contributed by atoms with E-state index in [4.69, 9.17) is 15.2 Å². The van der Waals surface area contributed by atoms with Gasteiger partial charge in [-0.1, -0.05) is 6.92 Å². The number of hydrogen-bond donors (Lipinski definition) is 2. The van der Waals surface area contributed by atoms with Crippen LogP contribution in [0.4, 0.5) is 5.69 Å². The number of anilines is 1. The van der Waals surface area contributed by atoms with E-state index in [0.29, 0.717) is 29.2 Å². The summed E-state index contributed by atoms with van der Waals surface area (Å²) in [6.07, 6.45) is 0.595. The van der Waals surface area contributed by atoms with E-state index in [1.54, 1.807) is 19.1 Å². The van der Waals surface area contributed by atoms with Gasteiger partial charge in [0.05, 0.1) is 25.9 Å². The third-order valence-electron chi connectivity index (χ3n) is 3.87. The summed E-state index contributed by atoms with van der Waals surface area (Å²) in [6, 6.07) is 1.60. The number of methoxy groups -OCH3 is 2. The Morgan fingerprint density at radius 2 is 2.09 bits per heavy atom. The van der Waals surface area contributed by atoms with Crippen LogP contribution >= 0.6 is 0 Å². The number of rotatable bonds is 5. The second-order valence-corrected chi connectivity index (χ2v) is 5.08. The van der Waals surface area contributed by atoms with Crippen LogP contribution in [-0.2, 0) is 16.0 Å². The molecule has 7 heteroatoms. The average molecular weight is 308 g/mol. The molecule has 0 aromatic heterocycles. The number of fused-ring (bicyclic) bond motifs is 1. The van der Waals surface area contributed by atoms with Gasteiger partial charge in [-0.3, -0.25) is 9.69 Å². The molecule has 2 atom stereocenters. The molecule has 22 heavy (non-hydrogen) atoms. The maximum absolute atomic E-state index is 12.5. The molecule has 1 heterocycles. The lowest BCUT2D eigenvalue weighted by Crippen LogP contribution is -2.49. The Bertz CT molecular complexity index is 602. The molecule has 0 bridgehead atoms. The lowest BCUT2D eigenvalue weighted by Gasteiger charge is -2.25. The quantitative estimate of drug-likeness (QED) is 0.833. The number of hydrogen-bond acceptors (Lipinski definition) is 5. The van der Waals surface area contributed by atoms with Gasteiger partial charge >= 0.3 is 5.97 Å². The van der Waals surface area contributed by atoms with Crippen LogP contribution in [0.5, 0.6) is 11.5 Å². The van der Waals surface area contributed by atoms with Gasteiger partial charge in [0.15, 0.2) is 11.5 Å². The molecule has 7 nitrogen and oxygen atoms in total. The highest BCUT2D eigenvalue weighted by Crippen LogP contribution is 2.43. The molecular formula is C15H20N2O5. The van der Waals surface area contributed by atoms with Gasteiger partial charge in [0.25, 0.3) is 0 Å². The maximum atomic E-state index is 12.5. The Balaban J connectivity index is 2.55. The van der Waals surface area contributed by atoms with E-state index in [9.17, 15) is 14.7 Å². The fourth-order valence-corrected chi connectivity index (χ4v) is 2.68. The minimum absolute atomic E-state index is 0.160. The van der Waals surface area contributed by atoms with E-state index in [1.807, 2.05) is 0 Å². The lowest BCUT2D eigenvalue weighted by molar-refractivity contribution is -0.140. The summed E-state index contributed by atoms with van der Waals surface area (Å²) in [4.78, 5) is 25.3. The molecule has 1 aliphatic heterocycles. The Labute approximate surface area is 128 Å². The summed E-state index contributed by atoms with van der Waals surface area (Å²) in [6.45, 7) is 1.78. The first-order valence-corrected chi connectivity index (χ1v) is 7.01. The van der Waals surface area contributed by atoms with Gasteiger partial charge in [-0.05, 0) is 18.6 Å². The second-order valence-electron chi connectivity index (χ2n) is 5.08. The summed E-state index contributed by atoms with van der Waals surface area (Å²) < 4.78 is 10.6. The van der Waals surface area contributed by atoms with E-state index < -0.39 is 24.0 Å². The van der Waals surface area contributed by atoms with Crippen molar-refractivity contribution in [3.05, 3.63) is 17.7 Å². The highest BCUT2D eigenvalue weighted by atomic mass is 16.5. The van der Waals surface area contributed by atoms with Crippen LogP contribution in [0.15, 0.2) is 12.1 Å². The molecule has 120 valence electrons. The molecule has 0 saturated heterocycles. The second kappa shape index (κ2) is 6.23. The van der Waals surface area contributed by atoms with Crippen LogP contribution in [0.2, 0.25) is 0 Å². The van der Waals surface area contributed by atoms with Gasteiger partial charge < -0.3 is 20.3 Å². The van der Waals surface area contributed by atoms with E-state index >= 15 is 0 Å². The van der Waals surface area contributed by atoms with Gasteiger partial charge in [-0.2, -0.15) is 0 Å². The largest absolute Gasteiger partial charge is 0.493 e. The monoisotopic (exact) mass is 308 g/mol. The Hall–Kier alpha value is -2.28. The first kappa shape index (κ1) is 16.1. The number of nitrogens with two attached hydrogens (primary N) is 1. The fraction of sp³-hybridized carbons (Fsp3) is 0.467. The first-order valence-electron chi connectivity index (χ1n) is 7.01. The van der Waals surface area contributed by atoms with E-state index in [1.165, 1.54) is 19.1 Å². The fourth-order valence-electron chi connectivity index (χ4n) is 2.68. The topological polar surface area (TPSA) is 102 Å². The number of carbonyl (C=O) groups is 2. The number of ether oxygens (including phenoxy) is 2. The van der Waals surface area contributed by atoms with Gasteiger partial charge in [-0.15, -0.1) is 0 Å². The Morgan fingerprint density at radius 1 is 1.41 bits per heavy atom. The molecule has 2 rings (SSSR count). The zero-order chi connectivity index (χ0) is 16.4. The molecule has 3 N–H and O–H groups in total. The van der Waals surface area contributed by atoms with Crippen molar-refractivity contribution in [2.75, 3.05) is 19.1 Å². The van der Waals surface area contributed by atoms with Crippen LogP contribution in [-0.4, -0.2) is 43.3 Å². The smallest absolute Gasteiger partial charge is 0.327 e. The number of carboxylic acids is 1. The van der Waals surface area contributed by atoms with E-state index in [0.717, 1.165) is 0 Å². The first-order chi connectivity index (χ1) is 10.5. The zero-order valence-electron chi connectivity index (χ0n) is 12.8. The predicted octanol–water partition coefficient (Wildman–Crippen LogP) is 0.783. The minimum atomic E-state index is -1.08. The molecule has 1 aromatic rings. The summed E-state index contributed by atoms with van der Waals surface area (Å²) in [5.74, 6) is -0.527. The summed E-state index contributed by atoms with van der Waals surface area (Å²) in [5, 5.41) is 9.44. The zero-order valence-corrected chi connectivity index (χ0v) is 12.8. The third-order valence-corrected chi connectivity index (χ3v) is 3.87. The lowest BCUT2D eigenvalue weighted by atomic mass is 10.1. The van der Waals surface area contributed by atoms with Crippen LogP contribution < -0.4 is 20.1 Å². The van der Waals surface area contributed by atoms with Crippen molar-refractivity contribution in [1.82, 2.24) is 0 Å². The Morgan fingerprint density at radius 3 is 2.59 bits per heavy atom. The van der Waals surface area contributed by atoms with Crippen molar-refractivity contribution in [2.45, 2.75) is 31.8 Å². The molecule has 1 unspecified atom stereocenters. The molecule has 1 aromatic carbocycles. The number of benzene rings is 1. The number of nitrogens with zero attached hydrogens (tertiary/aromatic N) is 1. The highest BCUT2D eigenvalue weighted by molar-refractivity contribution is 6.04. The number of amides is 1. The van der Waals surface area contributed by atoms with Gasteiger partial charge in [0.1, 0.15) is 6.04 Å².